The lowest BCUT2D eigenvalue weighted by Crippen LogP contribution is -2.22. The Hall–Kier alpha value is -4.22. The van der Waals surface area contributed by atoms with Crippen LogP contribution in [0.5, 0.6) is 5.75 Å². The van der Waals surface area contributed by atoms with Crippen LogP contribution in [0.15, 0.2) is 53.7 Å². The Labute approximate surface area is 225 Å². The van der Waals surface area contributed by atoms with E-state index in [2.05, 4.69) is 30.4 Å². The first-order valence-corrected chi connectivity index (χ1v) is 12.9. The number of halogens is 1. The number of carbonyl (C=O) groups is 1. The first kappa shape index (κ1) is 24.1. The molecule has 0 saturated heterocycles. The van der Waals surface area contributed by atoms with Gasteiger partial charge in [-0.15, -0.1) is 0 Å². The average molecular weight is 546 g/mol. The summed E-state index contributed by atoms with van der Waals surface area (Å²) in [6.07, 6.45) is 6.94. The highest BCUT2D eigenvalue weighted by molar-refractivity contribution is 7.21. The van der Waals surface area contributed by atoms with Crippen molar-refractivity contribution in [3.05, 3.63) is 81.1 Å². The molecular formula is C26H20ClN7O3S. The van der Waals surface area contributed by atoms with Crippen LogP contribution in [0.1, 0.15) is 40.4 Å². The fourth-order valence-corrected chi connectivity index (χ4v) is 5.03. The number of benzene rings is 1. The Morgan fingerprint density at radius 2 is 1.95 bits per heavy atom. The van der Waals surface area contributed by atoms with Crippen LogP contribution in [0.4, 0.5) is 5.13 Å². The molecule has 6 rings (SSSR count). The van der Waals surface area contributed by atoms with Crippen molar-refractivity contribution < 1.29 is 9.53 Å². The zero-order valence-corrected chi connectivity index (χ0v) is 21.9. The molecule has 1 N–H and O–H groups in total. The van der Waals surface area contributed by atoms with E-state index in [4.69, 9.17) is 16.3 Å². The number of aryl methyl sites for hydroxylation is 1. The number of hydrogen-bond acceptors (Lipinski definition) is 9. The number of amides is 1. The number of aromatic nitrogens is 6. The highest BCUT2D eigenvalue weighted by Crippen LogP contribution is 2.40. The summed E-state index contributed by atoms with van der Waals surface area (Å²) in [4.78, 5) is 44.6. The van der Waals surface area contributed by atoms with Gasteiger partial charge in [-0.25, -0.2) is 15.0 Å². The zero-order valence-electron chi connectivity index (χ0n) is 20.3. The van der Waals surface area contributed by atoms with Crippen LogP contribution < -0.4 is 15.6 Å². The Morgan fingerprint density at radius 1 is 1.11 bits per heavy atom. The number of hydrogen-bond donors (Lipinski definition) is 1. The number of pyridine rings is 1. The van der Waals surface area contributed by atoms with Gasteiger partial charge in [-0.2, -0.15) is 14.8 Å². The van der Waals surface area contributed by atoms with Crippen molar-refractivity contribution in [3.8, 4) is 22.7 Å². The number of methoxy groups -OCH3 is 1. The molecule has 4 aromatic heterocycles. The van der Waals surface area contributed by atoms with Gasteiger partial charge < -0.3 is 4.74 Å². The molecule has 10 nitrogen and oxygen atoms in total. The van der Waals surface area contributed by atoms with Crippen molar-refractivity contribution in [2.24, 2.45) is 0 Å². The molecule has 12 heteroatoms. The van der Waals surface area contributed by atoms with Gasteiger partial charge in [-0.1, -0.05) is 22.9 Å². The van der Waals surface area contributed by atoms with E-state index in [0.29, 0.717) is 43.4 Å². The summed E-state index contributed by atoms with van der Waals surface area (Å²) in [5, 5.41) is 7.85. The van der Waals surface area contributed by atoms with Crippen molar-refractivity contribution in [2.45, 2.75) is 25.7 Å². The SMILES string of the molecule is COc1ccc(Cl)cc1-c1cc(-n2ncc(C)cc2=O)ncc1C(=O)Nc1nc2ncc(C3CC3)nc2s1. The fourth-order valence-electron chi connectivity index (χ4n) is 4.05. The minimum absolute atomic E-state index is 0.230. The molecular weight excluding hydrogens is 526 g/mol. The van der Waals surface area contributed by atoms with Crippen molar-refractivity contribution >= 4 is 44.5 Å². The molecule has 1 aromatic carbocycles. The highest BCUT2D eigenvalue weighted by atomic mass is 35.5. The maximum absolute atomic E-state index is 13.5. The fraction of sp³-hybridized carbons (Fsp3) is 0.192. The molecule has 0 atom stereocenters. The summed E-state index contributed by atoms with van der Waals surface area (Å²) in [5.41, 5.74) is 3.04. The van der Waals surface area contributed by atoms with Crippen molar-refractivity contribution in [3.63, 3.8) is 0 Å². The van der Waals surface area contributed by atoms with Gasteiger partial charge in [0, 0.05) is 34.3 Å². The van der Waals surface area contributed by atoms with Gasteiger partial charge in [0.2, 0.25) is 0 Å². The summed E-state index contributed by atoms with van der Waals surface area (Å²) in [7, 11) is 1.53. The van der Waals surface area contributed by atoms with Crippen LogP contribution in [0.2, 0.25) is 5.02 Å². The minimum atomic E-state index is -0.452. The maximum Gasteiger partial charge on any atom is 0.273 e. The summed E-state index contributed by atoms with van der Waals surface area (Å²) in [5.74, 6) is 0.740. The van der Waals surface area contributed by atoms with Crippen molar-refractivity contribution in [2.75, 3.05) is 12.4 Å². The van der Waals surface area contributed by atoms with E-state index in [-0.39, 0.29) is 16.9 Å². The molecule has 1 amide bonds. The number of nitrogens with zero attached hydrogens (tertiary/aromatic N) is 6. The van der Waals surface area contributed by atoms with E-state index in [0.717, 1.165) is 28.8 Å². The molecule has 0 bridgehead atoms. The van der Waals surface area contributed by atoms with E-state index in [1.54, 1.807) is 43.6 Å². The molecule has 1 fully saturated rings. The predicted octanol–water partition coefficient (Wildman–Crippen LogP) is 4.79. The Morgan fingerprint density at radius 3 is 2.71 bits per heavy atom. The monoisotopic (exact) mass is 545 g/mol. The lowest BCUT2D eigenvalue weighted by atomic mass is 10.00. The molecule has 190 valence electrons. The number of ether oxygens (including phenoxy) is 1. The molecule has 0 radical (unpaired) electrons. The van der Waals surface area contributed by atoms with Gasteiger partial charge in [-0.3, -0.25) is 14.9 Å². The average Bonchev–Trinajstić information content (AvgIpc) is 3.68. The van der Waals surface area contributed by atoms with Crippen LogP contribution in [0.25, 0.3) is 27.4 Å². The Balaban J connectivity index is 1.43. The summed E-state index contributed by atoms with van der Waals surface area (Å²) in [6.45, 7) is 1.78. The van der Waals surface area contributed by atoms with Crippen LogP contribution in [0, 0.1) is 6.92 Å². The molecule has 0 spiro atoms. The third kappa shape index (κ3) is 4.61. The number of anilines is 1. The standard InChI is InChI=1S/C26H20ClN7O3S/c1-13-7-22(35)34(30-10-13)21-9-16(17-8-15(27)5-6-20(17)37-2)18(11-28-21)24(36)33-26-32-23-25(38-26)31-19(12-29-23)14-3-4-14/h5-12,14H,3-4H2,1-2H3,(H,29,32,33,36). The minimum Gasteiger partial charge on any atom is -0.496 e. The van der Waals surface area contributed by atoms with Crippen LogP contribution in [-0.4, -0.2) is 42.7 Å². The second-order valence-corrected chi connectivity index (χ2v) is 10.3. The Kier molecular flexibility index (Phi) is 6.09. The quantitative estimate of drug-likeness (QED) is 0.323. The highest BCUT2D eigenvalue weighted by Gasteiger charge is 2.26. The van der Waals surface area contributed by atoms with Crippen LogP contribution in [-0.2, 0) is 0 Å². The number of carbonyl (C=O) groups excluding carboxylic acids is 1. The van der Waals surface area contributed by atoms with E-state index in [1.807, 2.05) is 0 Å². The zero-order chi connectivity index (χ0) is 26.4. The van der Waals surface area contributed by atoms with Gasteiger partial charge >= 0.3 is 0 Å². The number of fused-ring (bicyclic) bond motifs is 1. The summed E-state index contributed by atoms with van der Waals surface area (Å²) >= 11 is 7.56. The third-order valence-corrected chi connectivity index (χ3v) is 7.19. The lowest BCUT2D eigenvalue weighted by molar-refractivity contribution is 0.102. The van der Waals surface area contributed by atoms with Gasteiger partial charge in [0.05, 0.1) is 30.8 Å². The predicted molar refractivity (Wildman–Crippen MR) is 145 cm³/mol. The molecule has 4 heterocycles. The first-order chi connectivity index (χ1) is 18.4. The van der Waals surface area contributed by atoms with E-state index in [9.17, 15) is 9.59 Å². The van der Waals surface area contributed by atoms with E-state index >= 15 is 0 Å². The molecule has 0 unspecified atom stereocenters. The molecule has 1 saturated carbocycles. The summed E-state index contributed by atoms with van der Waals surface area (Å²) in [6, 6.07) is 8.15. The molecule has 5 aromatic rings. The number of rotatable bonds is 6. The van der Waals surface area contributed by atoms with Crippen LogP contribution >= 0.6 is 22.9 Å². The summed E-state index contributed by atoms with van der Waals surface area (Å²) < 4.78 is 6.71. The van der Waals surface area contributed by atoms with Gasteiger partial charge in [0.25, 0.3) is 11.5 Å². The Bertz CT molecular complexity index is 1780. The number of nitrogens with one attached hydrogen (secondary N) is 1. The van der Waals surface area contributed by atoms with Gasteiger partial charge in [-0.05, 0) is 49.6 Å². The number of thiazole rings is 1. The normalized spacial score (nSPS) is 13.0. The molecule has 1 aliphatic rings. The van der Waals surface area contributed by atoms with E-state index in [1.165, 1.54) is 30.7 Å². The second kappa shape index (κ2) is 9.58. The largest absolute Gasteiger partial charge is 0.496 e. The molecule has 1 aliphatic carbocycles. The second-order valence-electron chi connectivity index (χ2n) is 8.89. The third-order valence-electron chi connectivity index (χ3n) is 6.10. The van der Waals surface area contributed by atoms with Crippen molar-refractivity contribution in [1.82, 2.24) is 29.7 Å². The van der Waals surface area contributed by atoms with Crippen LogP contribution in [0.3, 0.4) is 0 Å². The first-order valence-electron chi connectivity index (χ1n) is 11.7. The maximum atomic E-state index is 13.5. The lowest BCUT2D eigenvalue weighted by Gasteiger charge is -2.14. The van der Waals surface area contributed by atoms with Gasteiger partial charge in [0.15, 0.2) is 21.4 Å². The molecule has 0 aliphatic heterocycles. The van der Waals surface area contributed by atoms with Gasteiger partial charge in [0.1, 0.15) is 5.75 Å². The smallest absolute Gasteiger partial charge is 0.273 e. The van der Waals surface area contributed by atoms with Crippen molar-refractivity contribution in [1.29, 1.82) is 0 Å². The molecule has 38 heavy (non-hydrogen) atoms. The topological polar surface area (TPSA) is 125 Å². The van der Waals surface area contributed by atoms with E-state index < -0.39 is 5.91 Å².